The van der Waals surface area contributed by atoms with E-state index < -0.39 is 6.10 Å². The zero-order valence-corrected chi connectivity index (χ0v) is 15.0. The standard InChI is InChI=1S/C19H32N2O4/c22-12-17-16(21-19(24)13-5-4-6-13)10-9-15(25-17)11-18(23)20-14-7-2-1-3-8-14/h13-17,22H,1-12H2,(H,20,23)(H,21,24)/t15-,16+,17+/m0/s1. The second kappa shape index (κ2) is 8.99. The summed E-state index contributed by atoms with van der Waals surface area (Å²) in [6.45, 7) is -0.129. The van der Waals surface area contributed by atoms with Crippen LogP contribution in [0.3, 0.4) is 0 Å². The average molecular weight is 352 g/mol. The summed E-state index contributed by atoms with van der Waals surface area (Å²) in [6.07, 6.45) is 10.1. The first kappa shape index (κ1) is 18.6. The van der Waals surface area contributed by atoms with Crippen LogP contribution in [0.15, 0.2) is 0 Å². The molecule has 3 atom stereocenters. The maximum absolute atomic E-state index is 12.2. The van der Waals surface area contributed by atoms with Gasteiger partial charge in [0.25, 0.3) is 0 Å². The van der Waals surface area contributed by atoms with Gasteiger partial charge >= 0.3 is 0 Å². The average Bonchev–Trinajstić information content (AvgIpc) is 2.55. The number of hydrogen-bond donors (Lipinski definition) is 3. The fourth-order valence-electron chi connectivity index (χ4n) is 4.16. The Kier molecular flexibility index (Phi) is 6.70. The molecule has 0 bridgehead atoms. The van der Waals surface area contributed by atoms with Crippen molar-refractivity contribution in [2.75, 3.05) is 6.61 Å². The highest BCUT2D eigenvalue weighted by atomic mass is 16.5. The van der Waals surface area contributed by atoms with Gasteiger partial charge in [0, 0.05) is 12.0 Å². The molecular formula is C19H32N2O4. The van der Waals surface area contributed by atoms with E-state index in [9.17, 15) is 14.7 Å². The molecule has 142 valence electrons. The third-order valence-corrected chi connectivity index (χ3v) is 5.98. The second-order valence-corrected chi connectivity index (χ2v) is 7.91. The lowest BCUT2D eigenvalue weighted by atomic mass is 9.84. The molecule has 0 unspecified atom stereocenters. The lowest BCUT2D eigenvalue weighted by molar-refractivity contribution is -0.139. The predicted octanol–water partition coefficient (Wildman–Crippen LogP) is 1.65. The van der Waals surface area contributed by atoms with Crippen LogP contribution in [-0.2, 0) is 14.3 Å². The van der Waals surface area contributed by atoms with Crippen molar-refractivity contribution < 1.29 is 19.4 Å². The van der Waals surface area contributed by atoms with Crippen molar-refractivity contribution in [3.8, 4) is 0 Å². The zero-order valence-electron chi connectivity index (χ0n) is 15.0. The molecule has 0 aromatic heterocycles. The van der Waals surface area contributed by atoms with Crippen molar-refractivity contribution in [3.05, 3.63) is 0 Å². The topological polar surface area (TPSA) is 87.7 Å². The number of rotatable bonds is 6. The molecule has 2 saturated carbocycles. The van der Waals surface area contributed by atoms with Crippen molar-refractivity contribution in [2.24, 2.45) is 5.92 Å². The van der Waals surface area contributed by atoms with Crippen molar-refractivity contribution in [3.63, 3.8) is 0 Å². The first-order valence-electron chi connectivity index (χ1n) is 10.0. The van der Waals surface area contributed by atoms with Crippen LogP contribution in [0.4, 0.5) is 0 Å². The summed E-state index contributed by atoms with van der Waals surface area (Å²) in [6, 6.07) is 0.170. The maximum Gasteiger partial charge on any atom is 0.223 e. The number of carbonyl (C=O) groups is 2. The minimum atomic E-state index is -0.412. The van der Waals surface area contributed by atoms with E-state index in [-0.39, 0.29) is 36.5 Å². The third-order valence-electron chi connectivity index (χ3n) is 5.98. The van der Waals surface area contributed by atoms with Crippen LogP contribution in [0, 0.1) is 5.92 Å². The molecule has 3 N–H and O–H groups in total. The first-order valence-corrected chi connectivity index (χ1v) is 10.0. The number of carbonyl (C=O) groups excluding carboxylic acids is 2. The Hall–Kier alpha value is -1.14. The summed E-state index contributed by atoms with van der Waals surface area (Å²) in [4.78, 5) is 24.4. The summed E-state index contributed by atoms with van der Waals surface area (Å²) in [5.74, 6) is 0.274. The van der Waals surface area contributed by atoms with Gasteiger partial charge in [0.1, 0.15) is 6.10 Å². The predicted molar refractivity (Wildman–Crippen MR) is 93.9 cm³/mol. The van der Waals surface area contributed by atoms with E-state index in [4.69, 9.17) is 4.74 Å². The molecule has 25 heavy (non-hydrogen) atoms. The van der Waals surface area contributed by atoms with Gasteiger partial charge in [0.2, 0.25) is 11.8 Å². The van der Waals surface area contributed by atoms with Crippen molar-refractivity contribution in [1.29, 1.82) is 0 Å². The lowest BCUT2D eigenvalue weighted by Gasteiger charge is -2.37. The Morgan fingerprint density at radius 2 is 1.68 bits per heavy atom. The lowest BCUT2D eigenvalue weighted by Crippen LogP contribution is -2.53. The summed E-state index contributed by atoms with van der Waals surface area (Å²) in [7, 11) is 0. The Bertz CT molecular complexity index is 460. The molecular weight excluding hydrogens is 320 g/mol. The van der Waals surface area contributed by atoms with E-state index in [1.807, 2.05) is 0 Å². The smallest absolute Gasteiger partial charge is 0.223 e. The van der Waals surface area contributed by atoms with Gasteiger partial charge in [-0.2, -0.15) is 0 Å². The van der Waals surface area contributed by atoms with Crippen LogP contribution in [0.2, 0.25) is 0 Å². The minimum absolute atomic E-state index is 0.0468. The van der Waals surface area contributed by atoms with Gasteiger partial charge < -0.3 is 20.5 Å². The fraction of sp³-hybridized carbons (Fsp3) is 0.895. The molecule has 2 aliphatic carbocycles. The SMILES string of the molecule is O=C(C[C@@H]1CC[C@@H](NC(=O)C2CCC2)[C@@H](CO)O1)NC1CCCCC1. The summed E-state index contributed by atoms with van der Waals surface area (Å²) in [5.41, 5.74) is 0. The minimum Gasteiger partial charge on any atom is -0.394 e. The number of nitrogens with one attached hydrogen (secondary N) is 2. The molecule has 3 aliphatic rings. The van der Waals surface area contributed by atoms with Gasteiger partial charge in [-0.3, -0.25) is 9.59 Å². The van der Waals surface area contributed by atoms with Crippen LogP contribution in [-0.4, -0.2) is 47.8 Å². The largest absolute Gasteiger partial charge is 0.394 e. The van der Waals surface area contributed by atoms with Gasteiger partial charge in [-0.1, -0.05) is 25.7 Å². The van der Waals surface area contributed by atoms with Gasteiger partial charge in [-0.15, -0.1) is 0 Å². The molecule has 6 nitrogen and oxygen atoms in total. The Labute approximate surface area is 150 Å². The van der Waals surface area contributed by atoms with E-state index in [0.29, 0.717) is 12.5 Å². The Morgan fingerprint density at radius 3 is 2.32 bits per heavy atom. The third kappa shape index (κ3) is 5.17. The van der Waals surface area contributed by atoms with E-state index in [1.54, 1.807) is 0 Å². The number of amides is 2. The Balaban J connectivity index is 1.42. The molecule has 2 amide bonds. The van der Waals surface area contributed by atoms with E-state index in [1.165, 1.54) is 19.3 Å². The number of ether oxygens (including phenoxy) is 1. The van der Waals surface area contributed by atoms with Crippen LogP contribution in [0.5, 0.6) is 0 Å². The van der Waals surface area contributed by atoms with Gasteiger partial charge in [-0.05, 0) is 38.5 Å². The van der Waals surface area contributed by atoms with Crippen molar-refractivity contribution in [2.45, 2.75) is 94.9 Å². The highest BCUT2D eigenvalue weighted by Crippen LogP contribution is 2.28. The Morgan fingerprint density at radius 1 is 0.920 bits per heavy atom. The summed E-state index contributed by atoms with van der Waals surface area (Å²) in [5, 5.41) is 15.8. The molecule has 0 spiro atoms. The molecule has 6 heteroatoms. The van der Waals surface area contributed by atoms with Crippen LogP contribution in [0.1, 0.15) is 70.6 Å². The number of aliphatic hydroxyl groups excluding tert-OH is 1. The van der Waals surface area contributed by atoms with Crippen LogP contribution < -0.4 is 10.6 Å². The zero-order chi connectivity index (χ0) is 17.6. The molecule has 0 radical (unpaired) electrons. The highest BCUT2D eigenvalue weighted by molar-refractivity contribution is 5.79. The summed E-state index contributed by atoms with van der Waals surface area (Å²) < 4.78 is 5.91. The highest BCUT2D eigenvalue weighted by Gasteiger charge is 2.35. The van der Waals surface area contributed by atoms with E-state index in [0.717, 1.165) is 44.9 Å². The van der Waals surface area contributed by atoms with E-state index in [2.05, 4.69) is 10.6 Å². The molecule has 0 aromatic carbocycles. The van der Waals surface area contributed by atoms with Gasteiger partial charge in [0.15, 0.2) is 0 Å². The molecule has 3 rings (SSSR count). The second-order valence-electron chi connectivity index (χ2n) is 7.91. The maximum atomic E-state index is 12.2. The van der Waals surface area contributed by atoms with Crippen LogP contribution >= 0.6 is 0 Å². The van der Waals surface area contributed by atoms with Gasteiger partial charge in [0.05, 0.1) is 25.2 Å². The monoisotopic (exact) mass is 352 g/mol. The number of hydrogen-bond acceptors (Lipinski definition) is 4. The number of aliphatic hydroxyl groups is 1. The quantitative estimate of drug-likeness (QED) is 0.678. The van der Waals surface area contributed by atoms with Crippen molar-refractivity contribution >= 4 is 11.8 Å². The molecule has 1 heterocycles. The normalized spacial score (nSPS) is 31.2. The fourth-order valence-corrected chi connectivity index (χ4v) is 4.16. The molecule has 3 fully saturated rings. The first-order chi connectivity index (χ1) is 12.2. The van der Waals surface area contributed by atoms with E-state index >= 15 is 0 Å². The molecule has 0 aromatic rings. The van der Waals surface area contributed by atoms with Crippen LogP contribution in [0.25, 0.3) is 0 Å². The molecule has 1 aliphatic heterocycles. The summed E-state index contributed by atoms with van der Waals surface area (Å²) >= 11 is 0. The van der Waals surface area contributed by atoms with Crippen molar-refractivity contribution in [1.82, 2.24) is 10.6 Å². The molecule has 1 saturated heterocycles. The van der Waals surface area contributed by atoms with Gasteiger partial charge in [-0.25, -0.2) is 0 Å².